The third kappa shape index (κ3) is 1.83. The van der Waals surface area contributed by atoms with Gasteiger partial charge in [-0.1, -0.05) is 0 Å². The zero-order chi connectivity index (χ0) is 11.0. The molecule has 0 saturated heterocycles. The van der Waals surface area contributed by atoms with Gasteiger partial charge in [-0.15, -0.1) is 0 Å². The largest absolute Gasteiger partial charge is 0.508 e. The average Bonchev–Trinajstić information content (AvgIpc) is 2.42. The van der Waals surface area contributed by atoms with E-state index in [0.29, 0.717) is 5.75 Å². The van der Waals surface area contributed by atoms with Crippen LogP contribution < -0.4 is 0 Å². The summed E-state index contributed by atoms with van der Waals surface area (Å²) in [5, 5.41) is 10.6. The van der Waals surface area contributed by atoms with E-state index in [1.165, 1.54) is 5.56 Å². The number of aromatic hydroxyl groups is 1. The molecular weight excluding hydrogens is 188 g/mol. The van der Waals surface area contributed by atoms with Gasteiger partial charge in [-0.25, -0.2) is 0 Å². The summed E-state index contributed by atoms with van der Waals surface area (Å²) in [6.45, 7) is 0.890. The summed E-state index contributed by atoms with van der Waals surface area (Å²) >= 11 is 0. The number of rotatable bonds is 2. The lowest BCUT2D eigenvalue weighted by atomic mass is 10.1. The first-order valence-corrected chi connectivity index (χ1v) is 4.99. The topological polar surface area (TPSA) is 28.4 Å². The Morgan fingerprint density at radius 1 is 1.33 bits per heavy atom. The molecule has 0 amide bonds. The molecule has 1 aromatic heterocycles. The van der Waals surface area contributed by atoms with Gasteiger partial charge in [0.2, 0.25) is 0 Å². The smallest absolute Gasteiger partial charge is 0.116 e. The van der Waals surface area contributed by atoms with Gasteiger partial charge in [-0.3, -0.25) is 0 Å². The van der Waals surface area contributed by atoms with Gasteiger partial charge < -0.3 is 14.6 Å². The zero-order valence-corrected chi connectivity index (χ0v) is 9.36. The maximum atomic E-state index is 9.48. The molecule has 2 aromatic rings. The summed E-state index contributed by atoms with van der Waals surface area (Å²) in [5.74, 6) is 0.328. The molecule has 15 heavy (non-hydrogen) atoms. The first-order valence-electron chi connectivity index (χ1n) is 4.99. The number of hydrogen-bond acceptors (Lipinski definition) is 2. The molecule has 1 N–H and O–H groups in total. The van der Waals surface area contributed by atoms with Crippen molar-refractivity contribution in [2.75, 3.05) is 14.1 Å². The van der Waals surface area contributed by atoms with Gasteiger partial charge in [0, 0.05) is 30.7 Å². The number of benzene rings is 1. The lowest BCUT2D eigenvalue weighted by Crippen LogP contribution is -2.10. The summed E-state index contributed by atoms with van der Waals surface area (Å²) in [4.78, 5) is 2.12. The van der Waals surface area contributed by atoms with Crippen LogP contribution in [0.4, 0.5) is 0 Å². The van der Waals surface area contributed by atoms with Gasteiger partial charge in [-0.2, -0.15) is 0 Å². The maximum Gasteiger partial charge on any atom is 0.116 e. The van der Waals surface area contributed by atoms with Crippen molar-refractivity contribution in [2.45, 2.75) is 6.54 Å². The molecule has 0 aliphatic heterocycles. The molecule has 0 aliphatic rings. The summed E-state index contributed by atoms with van der Waals surface area (Å²) in [6, 6.07) is 5.50. The molecular formula is C12H16N2O. The Kier molecular flexibility index (Phi) is 2.40. The maximum absolute atomic E-state index is 9.48. The fourth-order valence-electron chi connectivity index (χ4n) is 1.93. The second-order valence-electron chi connectivity index (χ2n) is 4.20. The van der Waals surface area contributed by atoms with E-state index in [-0.39, 0.29) is 0 Å². The number of hydrogen-bond donors (Lipinski definition) is 1. The van der Waals surface area contributed by atoms with Crippen molar-refractivity contribution in [3.05, 3.63) is 30.0 Å². The van der Waals surface area contributed by atoms with Crippen molar-refractivity contribution in [3.63, 3.8) is 0 Å². The van der Waals surface area contributed by atoms with Crippen molar-refractivity contribution in [2.24, 2.45) is 7.05 Å². The van der Waals surface area contributed by atoms with Crippen molar-refractivity contribution in [1.82, 2.24) is 9.47 Å². The van der Waals surface area contributed by atoms with E-state index in [1.807, 2.05) is 33.3 Å². The molecule has 1 aromatic carbocycles. The molecule has 3 nitrogen and oxygen atoms in total. The summed E-state index contributed by atoms with van der Waals surface area (Å²) < 4.78 is 2.09. The van der Waals surface area contributed by atoms with Crippen LogP contribution >= 0.6 is 0 Å². The van der Waals surface area contributed by atoms with E-state index in [1.54, 1.807) is 6.07 Å². The Morgan fingerprint density at radius 2 is 2.07 bits per heavy atom. The predicted molar refractivity (Wildman–Crippen MR) is 62.0 cm³/mol. The molecule has 0 unspecified atom stereocenters. The minimum atomic E-state index is 0.328. The number of phenolic OH excluding ortho intramolecular Hbond substituents is 1. The first kappa shape index (κ1) is 10.1. The summed E-state index contributed by atoms with van der Waals surface area (Å²) in [7, 11) is 6.11. The minimum Gasteiger partial charge on any atom is -0.508 e. The Balaban J connectivity index is 2.59. The Bertz CT molecular complexity index is 486. The van der Waals surface area contributed by atoms with E-state index < -0.39 is 0 Å². The SMILES string of the molecule is CN(C)Cc1cn(C)c2ccc(O)cc12. The van der Waals surface area contributed by atoms with Gasteiger partial charge in [0.05, 0.1) is 0 Å². The van der Waals surface area contributed by atoms with E-state index in [0.717, 1.165) is 17.4 Å². The lowest BCUT2D eigenvalue weighted by molar-refractivity contribution is 0.403. The second kappa shape index (κ2) is 3.59. The van der Waals surface area contributed by atoms with E-state index >= 15 is 0 Å². The highest BCUT2D eigenvalue weighted by Gasteiger charge is 2.07. The van der Waals surface area contributed by atoms with Gasteiger partial charge in [0.15, 0.2) is 0 Å². The number of aryl methyl sites for hydroxylation is 1. The van der Waals surface area contributed by atoms with Crippen LogP contribution in [-0.4, -0.2) is 28.7 Å². The Labute approximate surface area is 89.5 Å². The van der Waals surface area contributed by atoms with E-state index in [2.05, 4.69) is 15.7 Å². The van der Waals surface area contributed by atoms with Crippen LogP contribution in [0.5, 0.6) is 5.75 Å². The Morgan fingerprint density at radius 3 is 2.73 bits per heavy atom. The molecule has 1 heterocycles. The van der Waals surface area contributed by atoms with Crippen LogP contribution in [0, 0.1) is 0 Å². The molecule has 3 heteroatoms. The van der Waals surface area contributed by atoms with Crippen LogP contribution in [0.2, 0.25) is 0 Å². The molecule has 2 rings (SSSR count). The number of phenols is 1. The quantitative estimate of drug-likeness (QED) is 0.809. The molecule has 0 spiro atoms. The summed E-state index contributed by atoms with van der Waals surface area (Å²) in [5.41, 5.74) is 2.40. The van der Waals surface area contributed by atoms with Crippen LogP contribution in [-0.2, 0) is 13.6 Å². The molecule has 0 radical (unpaired) electrons. The second-order valence-corrected chi connectivity index (χ2v) is 4.20. The summed E-state index contributed by atoms with van der Waals surface area (Å²) in [6.07, 6.45) is 2.12. The molecule has 0 saturated carbocycles. The number of aromatic nitrogens is 1. The molecule has 0 atom stereocenters. The van der Waals surface area contributed by atoms with Crippen molar-refractivity contribution >= 4 is 10.9 Å². The van der Waals surface area contributed by atoms with Gasteiger partial charge in [-0.05, 0) is 37.9 Å². The van der Waals surface area contributed by atoms with Gasteiger partial charge in [0.25, 0.3) is 0 Å². The zero-order valence-electron chi connectivity index (χ0n) is 9.36. The highest BCUT2D eigenvalue weighted by molar-refractivity contribution is 5.85. The fourth-order valence-corrected chi connectivity index (χ4v) is 1.93. The number of fused-ring (bicyclic) bond motifs is 1. The third-order valence-electron chi connectivity index (χ3n) is 2.54. The Hall–Kier alpha value is -1.48. The standard InChI is InChI=1S/C12H16N2O/c1-13(2)7-9-8-14(3)12-5-4-10(15)6-11(9)12/h4-6,8,15H,7H2,1-3H3. The molecule has 0 aliphatic carbocycles. The molecule has 0 fully saturated rings. The van der Waals surface area contributed by atoms with Crippen molar-refractivity contribution < 1.29 is 5.11 Å². The lowest BCUT2D eigenvalue weighted by Gasteiger charge is -2.07. The molecule has 0 bridgehead atoms. The van der Waals surface area contributed by atoms with E-state index in [9.17, 15) is 5.11 Å². The van der Waals surface area contributed by atoms with Crippen LogP contribution in [0.15, 0.2) is 24.4 Å². The average molecular weight is 204 g/mol. The highest BCUT2D eigenvalue weighted by Crippen LogP contribution is 2.25. The van der Waals surface area contributed by atoms with Crippen molar-refractivity contribution in [3.8, 4) is 5.75 Å². The normalized spacial score (nSPS) is 11.5. The monoisotopic (exact) mass is 204 g/mol. The molecule has 80 valence electrons. The van der Waals surface area contributed by atoms with Gasteiger partial charge >= 0.3 is 0 Å². The van der Waals surface area contributed by atoms with Crippen LogP contribution in [0.3, 0.4) is 0 Å². The highest BCUT2D eigenvalue weighted by atomic mass is 16.3. The number of nitrogens with zero attached hydrogens (tertiary/aromatic N) is 2. The predicted octanol–water partition coefficient (Wildman–Crippen LogP) is 1.95. The minimum absolute atomic E-state index is 0.328. The van der Waals surface area contributed by atoms with Gasteiger partial charge in [0.1, 0.15) is 5.75 Å². The third-order valence-corrected chi connectivity index (χ3v) is 2.54. The van der Waals surface area contributed by atoms with Crippen LogP contribution in [0.1, 0.15) is 5.56 Å². The van der Waals surface area contributed by atoms with Crippen LogP contribution in [0.25, 0.3) is 10.9 Å². The van der Waals surface area contributed by atoms with Crippen molar-refractivity contribution in [1.29, 1.82) is 0 Å². The first-order chi connectivity index (χ1) is 7.08. The van der Waals surface area contributed by atoms with E-state index in [4.69, 9.17) is 0 Å². The fraction of sp³-hybridized carbons (Fsp3) is 0.333.